The lowest BCUT2D eigenvalue weighted by Gasteiger charge is -2.15. The molecule has 0 spiro atoms. The van der Waals surface area contributed by atoms with Gasteiger partial charge >= 0.3 is 0 Å². The van der Waals surface area contributed by atoms with Crippen LogP contribution in [0.15, 0.2) is 24.3 Å². The SMILES string of the molecule is COCc1cccc(NC(=O)C(C)C(C)N)c1. The number of ether oxygens (including phenoxy) is 1. The number of carbonyl (C=O) groups excluding carboxylic acids is 1. The Balaban J connectivity index is 2.68. The third-order valence-corrected chi connectivity index (χ3v) is 2.71. The number of amides is 1. The average Bonchev–Trinajstić information content (AvgIpc) is 2.28. The standard InChI is InChI=1S/C13H20N2O2/c1-9(10(2)14)13(16)15-12-6-4-5-11(7-12)8-17-3/h4-7,9-10H,8,14H2,1-3H3,(H,15,16). The first-order valence-corrected chi connectivity index (χ1v) is 5.69. The minimum absolute atomic E-state index is 0.0606. The molecule has 0 fully saturated rings. The van der Waals surface area contributed by atoms with Crippen molar-refractivity contribution in [1.82, 2.24) is 0 Å². The molecule has 4 heteroatoms. The van der Waals surface area contributed by atoms with Gasteiger partial charge in [-0.1, -0.05) is 19.1 Å². The number of rotatable bonds is 5. The highest BCUT2D eigenvalue weighted by Crippen LogP contribution is 2.13. The van der Waals surface area contributed by atoms with Crippen molar-refractivity contribution in [3.63, 3.8) is 0 Å². The van der Waals surface area contributed by atoms with Crippen LogP contribution in [0.2, 0.25) is 0 Å². The lowest BCUT2D eigenvalue weighted by atomic mass is 10.0. The third kappa shape index (κ3) is 4.17. The number of hydrogen-bond donors (Lipinski definition) is 2. The molecule has 0 bridgehead atoms. The van der Waals surface area contributed by atoms with Gasteiger partial charge in [-0.25, -0.2) is 0 Å². The molecule has 0 aliphatic carbocycles. The average molecular weight is 236 g/mol. The molecule has 0 aliphatic rings. The Morgan fingerprint density at radius 3 is 2.76 bits per heavy atom. The largest absolute Gasteiger partial charge is 0.380 e. The van der Waals surface area contributed by atoms with Crippen molar-refractivity contribution in [2.45, 2.75) is 26.5 Å². The zero-order chi connectivity index (χ0) is 12.8. The molecule has 1 amide bonds. The number of carbonyl (C=O) groups is 1. The molecule has 0 saturated heterocycles. The van der Waals surface area contributed by atoms with Crippen LogP contribution in [-0.4, -0.2) is 19.1 Å². The van der Waals surface area contributed by atoms with Crippen LogP contribution in [0.25, 0.3) is 0 Å². The summed E-state index contributed by atoms with van der Waals surface area (Å²) >= 11 is 0. The molecule has 17 heavy (non-hydrogen) atoms. The zero-order valence-corrected chi connectivity index (χ0v) is 10.6. The Hall–Kier alpha value is -1.39. The fraction of sp³-hybridized carbons (Fsp3) is 0.462. The number of benzene rings is 1. The summed E-state index contributed by atoms with van der Waals surface area (Å²) in [6.45, 7) is 4.18. The zero-order valence-electron chi connectivity index (χ0n) is 10.6. The van der Waals surface area contributed by atoms with Crippen molar-refractivity contribution in [3.8, 4) is 0 Å². The molecule has 1 rings (SSSR count). The topological polar surface area (TPSA) is 64.3 Å². The maximum absolute atomic E-state index is 11.8. The van der Waals surface area contributed by atoms with Gasteiger partial charge in [-0.05, 0) is 24.6 Å². The smallest absolute Gasteiger partial charge is 0.228 e. The van der Waals surface area contributed by atoms with E-state index in [1.54, 1.807) is 7.11 Å². The number of nitrogens with two attached hydrogens (primary N) is 1. The first kappa shape index (κ1) is 13.7. The molecule has 2 atom stereocenters. The molecule has 0 saturated carbocycles. The summed E-state index contributed by atoms with van der Waals surface area (Å²) in [5, 5.41) is 2.85. The van der Waals surface area contributed by atoms with Crippen molar-refractivity contribution in [2.75, 3.05) is 12.4 Å². The summed E-state index contributed by atoms with van der Waals surface area (Å²) in [5.41, 5.74) is 7.49. The first-order chi connectivity index (χ1) is 8.04. The van der Waals surface area contributed by atoms with Crippen LogP contribution in [-0.2, 0) is 16.1 Å². The van der Waals surface area contributed by atoms with Crippen LogP contribution in [0.1, 0.15) is 19.4 Å². The van der Waals surface area contributed by atoms with Crippen LogP contribution >= 0.6 is 0 Å². The number of methoxy groups -OCH3 is 1. The maximum atomic E-state index is 11.8. The Morgan fingerprint density at radius 1 is 1.47 bits per heavy atom. The second-order valence-corrected chi connectivity index (χ2v) is 4.27. The molecule has 3 N–H and O–H groups in total. The molecular weight excluding hydrogens is 216 g/mol. The molecule has 0 radical (unpaired) electrons. The van der Waals surface area contributed by atoms with E-state index in [4.69, 9.17) is 10.5 Å². The van der Waals surface area contributed by atoms with Crippen LogP contribution in [0, 0.1) is 5.92 Å². The molecule has 0 heterocycles. The van der Waals surface area contributed by atoms with E-state index in [9.17, 15) is 4.79 Å². The van der Waals surface area contributed by atoms with Gasteiger partial charge in [0.15, 0.2) is 0 Å². The van der Waals surface area contributed by atoms with Gasteiger partial charge in [-0.15, -0.1) is 0 Å². The highest BCUT2D eigenvalue weighted by atomic mass is 16.5. The monoisotopic (exact) mass is 236 g/mol. The predicted octanol–water partition coefficient (Wildman–Crippen LogP) is 1.75. The van der Waals surface area contributed by atoms with E-state index < -0.39 is 0 Å². The van der Waals surface area contributed by atoms with Gasteiger partial charge in [-0.3, -0.25) is 4.79 Å². The number of nitrogens with one attached hydrogen (secondary N) is 1. The lowest BCUT2D eigenvalue weighted by Crippen LogP contribution is -2.34. The Labute approximate surface area is 102 Å². The second-order valence-electron chi connectivity index (χ2n) is 4.27. The van der Waals surface area contributed by atoms with Crippen LogP contribution in [0.4, 0.5) is 5.69 Å². The molecule has 4 nitrogen and oxygen atoms in total. The molecule has 2 unspecified atom stereocenters. The van der Waals surface area contributed by atoms with Crippen molar-refractivity contribution in [1.29, 1.82) is 0 Å². The Bertz CT molecular complexity index is 377. The minimum Gasteiger partial charge on any atom is -0.380 e. The van der Waals surface area contributed by atoms with Gasteiger partial charge in [0, 0.05) is 18.8 Å². The fourth-order valence-corrected chi connectivity index (χ4v) is 1.40. The van der Waals surface area contributed by atoms with Gasteiger partial charge in [0.05, 0.1) is 12.5 Å². The summed E-state index contributed by atoms with van der Waals surface area (Å²) < 4.78 is 5.04. The third-order valence-electron chi connectivity index (χ3n) is 2.71. The van der Waals surface area contributed by atoms with E-state index in [-0.39, 0.29) is 17.9 Å². The van der Waals surface area contributed by atoms with Gasteiger partial charge in [0.1, 0.15) is 0 Å². The molecule has 1 aromatic rings. The first-order valence-electron chi connectivity index (χ1n) is 5.69. The van der Waals surface area contributed by atoms with E-state index in [1.807, 2.05) is 38.1 Å². The van der Waals surface area contributed by atoms with Crippen LogP contribution in [0.3, 0.4) is 0 Å². The fourth-order valence-electron chi connectivity index (χ4n) is 1.40. The summed E-state index contributed by atoms with van der Waals surface area (Å²) in [6, 6.07) is 7.44. The van der Waals surface area contributed by atoms with E-state index in [0.717, 1.165) is 11.3 Å². The van der Waals surface area contributed by atoms with Gasteiger partial charge in [-0.2, -0.15) is 0 Å². The summed E-state index contributed by atoms with van der Waals surface area (Å²) in [7, 11) is 1.64. The van der Waals surface area contributed by atoms with Gasteiger partial charge in [0.2, 0.25) is 5.91 Å². The summed E-state index contributed by atoms with van der Waals surface area (Å²) in [6.07, 6.45) is 0. The summed E-state index contributed by atoms with van der Waals surface area (Å²) in [4.78, 5) is 11.8. The molecule has 1 aromatic carbocycles. The highest BCUT2D eigenvalue weighted by Gasteiger charge is 2.16. The highest BCUT2D eigenvalue weighted by molar-refractivity contribution is 5.92. The van der Waals surface area contributed by atoms with Gasteiger partial charge in [0.25, 0.3) is 0 Å². The maximum Gasteiger partial charge on any atom is 0.228 e. The van der Waals surface area contributed by atoms with Crippen molar-refractivity contribution < 1.29 is 9.53 Å². The quantitative estimate of drug-likeness (QED) is 0.818. The molecule has 94 valence electrons. The van der Waals surface area contributed by atoms with Crippen molar-refractivity contribution in [2.24, 2.45) is 11.7 Å². The lowest BCUT2D eigenvalue weighted by molar-refractivity contribution is -0.119. The molecular formula is C13H20N2O2. The molecule has 0 aromatic heterocycles. The van der Waals surface area contributed by atoms with E-state index >= 15 is 0 Å². The van der Waals surface area contributed by atoms with E-state index in [1.165, 1.54) is 0 Å². The van der Waals surface area contributed by atoms with Crippen LogP contribution < -0.4 is 11.1 Å². The van der Waals surface area contributed by atoms with E-state index in [2.05, 4.69) is 5.32 Å². The van der Waals surface area contributed by atoms with Crippen LogP contribution in [0.5, 0.6) is 0 Å². The van der Waals surface area contributed by atoms with Gasteiger partial charge < -0.3 is 15.8 Å². The normalized spacial score (nSPS) is 14.1. The molecule has 0 aliphatic heterocycles. The Morgan fingerprint density at radius 2 is 2.18 bits per heavy atom. The minimum atomic E-state index is -0.207. The summed E-state index contributed by atoms with van der Waals surface area (Å²) in [5.74, 6) is -0.268. The predicted molar refractivity (Wildman–Crippen MR) is 68.6 cm³/mol. The number of anilines is 1. The van der Waals surface area contributed by atoms with Crippen molar-refractivity contribution >= 4 is 11.6 Å². The van der Waals surface area contributed by atoms with E-state index in [0.29, 0.717) is 6.61 Å². The van der Waals surface area contributed by atoms with Crippen molar-refractivity contribution in [3.05, 3.63) is 29.8 Å². The second kappa shape index (κ2) is 6.37. The Kier molecular flexibility index (Phi) is 5.12. The number of hydrogen-bond acceptors (Lipinski definition) is 3.